The molecule has 2 aromatic rings. The van der Waals surface area contributed by atoms with Gasteiger partial charge in [0.25, 0.3) is 5.91 Å². The Bertz CT molecular complexity index is 682. The largest absolute Gasteiger partial charge is 0.362 e. The van der Waals surface area contributed by atoms with Gasteiger partial charge in [-0.3, -0.25) is 9.59 Å². The van der Waals surface area contributed by atoms with Gasteiger partial charge in [-0.15, -0.1) is 0 Å². The van der Waals surface area contributed by atoms with Crippen LogP contribution < -0.4 is 10.2 Å². The molecule has 0 fully saturated rings. The fraction of sp³-hybridized carbons (Fsp3) is 0.263. The lowest BCUT2D eigenvalue weighted by Gasteiger charge is -2.22. The summed E-state index contributed by atoms with van der Waals surface area (Å²) in [5.41, 5.74) is 2.29. The minimum atomic E-state index is -0.0904. The molecule has 0 saturated heterocycles. The van der Waals surface area contributed by atoms with Gasteiger partial charge >= 0.3 is 0 Å². The van der Waals surface area contributed by atoms with Gasteiger partial charge in [0.1, 0.15) is 0 Å². The van der Waals surface area contributed by atoms with Crippen molar-refractivity contribution >= 4 is 23.2 Å². The second-order valence-electron chi connectivity index (χ2n) is 5.67. The molecule has 2 aromatic carbocycles. The first-order chi connectivity index (χ1) is 11.5. The summed E-state index contributed by atoms with van der Waals surface area (Å²) < 4.78 is 0. The number of anilines is 2. The van der Waals surface area contributed by atoms with Crippen LogP contribution in [0.25, 0.3) is 0 Å². The van der Waals surface area contributed by atoms with Gasteiger partial charge in [0.15, 0.2) is 0 Å². The fourth-order valence-corrected chi connectivity index (χ4v) is 2.35. The van der Waals surface area contributed by atoms with Crippen molar-refractivity contribution in [2.24, 2.45) is 0 Å². The van der Waals surface area contributed by atoms with E-state index in [1.54, 1.807) is 38.4 Å². The summed E-state index contributed by atoms with van der Waals surface area (Å²) in [7, 11) is 3.42. The predicted octanol–water partition coefficient (Wildman–Crippen LogP) is 2.85. The van der Waals surface area contributed by atoms with E-state index in [1.807, 2.05) is 42.2 Å². The second kappa shape index (κ2) is 8.15. The number of para-hydroxylation sites is 1. The highest BCUT2D eigenvalue weighted by molar-refractivity contribution is 5.96. The van der Waals surface area contributed by atoms with E-state index in [9.17, 15) is 9.59 Å². The van der Waals surface area contributed by atoms with Crippen molar-refractivity contribution in [3.8, 4) is 0 Å². The molecule has 0 aliphatic carbocycles. The molecule has 0 atom stereocenters. The molecule has 0 saturated carbocycles. The van der Waals surface area contributed by atoms with E-state index in [0.29, 0.717) is 11.3 Å². The quantitative estimate of drug-likeness (QED) is 0.888. The molecule has 2 amide bonds. The van der Waals surface area contributed by atoms with Gasteiger partial charge in [-0.1, -0.05) is 18.2 Å². The first-order valence-corrected chi connectivity index (χ1v) is 7.93. The monoisotopic (exact) mass is 325 g/mol. The maximum Gasteiger partial charge on any atom is 0.253 e. The maximum absolute atomic E-state index is 12.3. The van der Waals surface area contributed by atoms with Gasteiger partial charge in [-0.2, -0.15) is 0 Å². The van der Waals surface area contributed by atoms with Crippen LogP contribution in [0.3, 0.4) is 0 Å². The molecule has 0 radical (unpaired) electrons. The van der Waals surface area contributed by atoms with E-state index >= 15 is 0 Å². The number of carbonyl (C=O) groups is 2. The smallest absolute Gasteiger partial charge is 0.253 e. The molecule has 1 N–H and O–H groups in total. The summed E-state index contributed by atoms with van der Waals surface area (Å²) in [5, 5.41) is 2.87. The molecule has 0 spiro atoms. The molecule has 126 valence electrons. The fourth-order valence-electron chi connectivity index (χ4n) is 2.35. The lowest BCUT2D eigenvalue weighted by atomic mass is 10.2. The molecular formula is C19H23N3O2. The Kier molecular flexibility index (Phi) is 5.95. The lowest BCUT2D eigenvalue weighted by Crippen LogP contribution is -2.33. The Hall–Kier alpha value is -2.82. The Morgan fingerprint density at radius 1 is 0.958 bits per heavy atom. The number of rotatable bonds is 6. The molecule has 0 bridgehead atoms. The molecule has 0 aliphatic heterocycles. The van der Waals surface area contributed by atoms with Crippen LogP contribution in [0.5, 0.6) is 0 Å². The van der Waals surface area contributed by atoms with Gasteiger partial charge in [-0.25, -0.2) is 0 Å². The Morgan fingerprint density at radius 3 is 2.12 bits per heavy atom. The predicted molar refractivity (Wildman–Crippen MR) is 97.4 cm³/mol. The minimum Gasteiger partial charge on any atom is -0.362 e. The minimum absolute atomic E-state index is 0.0610. The third kappa shape index (κ3) is 4.59. The zero-order valence-electron chi connectivity index (χ0n) is 14.3. The van der Waals surface area contributed by atoms with E-state index in [2.05, 4.69) is 5.32 Å². The standard InChI is InChI=1S/C19H23N3O2/c1-4-22(17-8-6-5-7-9-17)14-18(23)20-16-12-10-15(11-13-16)19(24)21(2)3/h5-13H,4,14H2,1-3H3,(H,20,23). The first kappa shape index (κ1) is 17.5. The van der Waals surface area contributed by atoms with Crippen molar-refractivity contribution in [3.63, 3.8) is 0 Å². The summed E-state index contributed by atoms with van der Waals surface area (Å²) in [6.07, 6.45) is 0. The van der Waals surface area contributed by atoms with E-state index in [0.717, 1.165) is 12.2 Å². The first-order valence-electron chi connectivity index (χ1n) is 7.93. The van der Waals surface area contributed by atoms with Gasteiger partial charge < -0.3 is 15.1 Å². The highest BCUT2D eigenvalue weighted by atomic mass is 16.2. The van der Waals surface area contributed by atoms with Crippen LogP contribution in [-0.2, 0) is 4.79 Å². The van der Waals surface area contributed by atoms with Gasteiger partial charge in [-0.05, 0) is 43.3 Å². The Labute approximate surface area is 142 Å². The van der Waals surface area contributed by atoms with Crippen molar-refractivity contribution < 1.29 is 9.59 Å². The number of hydrogen-bond acceptors (Lipinski definition) is 3. The molecule has 0 heterocycles. The van der Waals surface area contributed by atoms with Gasteiger partial charge in [0, 0.05) is 37.6 Å². The summed E-state index contributed by atoms with van der Waals surface area (Å²) in [6, 6.07) is 16.7. The molecular weight excluding hydrogens is 302 g/mol. The number of nitrogens with one attached hydrogen (secondary N) is 1. The van der Waals surface area contributed by atoms with Crippen molar-refractivity contribution in [2.75, 3.05) is 37.4 Å². The maximum atomic E-state index is 12.3. The molecule has 24 heavy (non-hydrogen) atoms. The molecule has 5 heteroatoms. The normalized spacial score (nSPS) is 10.1. The number of benzene rings is 2. The number of carbonyl (C=O) groups excluding carboxylic acids is 2. The number of nitrogens with zero attached hydrogens (tertiary/aromatic N) is 2. The van der Waals surface area contributed by atoms with Crippen molar-refractivity contribution in [3.05, 3.63) is 60.2 Å². The highest BCUT2D eigenvalue weighted by Gasteiger charge is 2.11. The third-order valence-electron chi connectivity index (χ3n) is 3.66. The van der Waals surface area contributed by atoms with Crippen LogP contribution in [0.4, 0.5) is 11.4 Å². The topological polar surface area (TPSA) is 52.7 Å². The van der Waals surface area contributed by atoms with Crippen LogP contribution in [0.15, 0.2) is 54.6 Å². The summed E-state index contributed by atoms with van der Waals surface area (Å²) >= 11 is 0. The van der Waals surface area contributed by atoms with E-state index in [1.165, 1.54) is 4.90 Å². The van der Waals surface area contributed by atoms with Gasteiger partial charge in [0.05, 0.1) is 6.54 Å². The average Bonchev–Trinajstić information content (AvgIpc) is 2.60. The molecule has 0 aromatic heterocycles. The van der Waals surface area contributed by atoms with E-state index in [4.69, 9.17) is 0 Å². The molecule has 0 unspecified atom stereocenters. The van der Waals surface area contributed by atoms with Crippen LogP contribution in [-0.4, -0.2) is 43.9 Å². The Balaban J connectivity index is 1.98. The van der Waals surface area contributed by atoms with Crippen molar-refractivity contribution in [1.82, 2.24) is 4.90 Å². The number of amides is 2. The summed E-state index contributed by atoms with van der Waals surface area (Å²) in [4.78, 5) is 27.6. The zero-order chi connectivity index (χ0) is 17.5. The second-order valence-corrected chi connectivity index (χ2v) is 5.67. The van der Waals surface area contributed by atoms with Crippen LogP contribution in [0.1, 0.15) is 17.3 Å². The van der Waals surface area contributed by atoms with Crippen molar-refractivity contribution in [1.29, 1.82) is 0 Å². The van der Waals surface area contributed by atoms with E-state index < -0.39 is 0 Å². The van der Waals surface area contributed by atoms with Crippen LogP contribution in [0, 0.1) is 0 Å². The van der Waals surface area contributed by atoms with E-state index in [-0.39, 0.29) is 18.4 Å². The van der Waals surface area contributed by atoms with Crippen LogP contribution >= 0.6 is 0 Å². The van der Waals surface area contributed by atoms with Crippen molar-refractivity contribution in [2.45, 2.75) is 6.92 Å². The van der Waals surface area contributed by atoms with Crippen LogP contribution in [0.2, 0.25) is 0 Å². The number of likely N-dealkylation sites (N-methyl/N-ethyl adjacent to an activating group) is 1. The Morgan fingerprint density at radius 2 is 1.58 bits per heavy atom. The molecule has 0 aliphatic rings. The summed E-state index contributed by atoms with van der Waals surface area (Å²) in [5.74, 6) is -0.151. The molecule has 2 rings (SSSR count). The third-order valence-corrected chi connectivity index (χ3v) is 3.66. The SMILES string of the molecule is CCN(CC(=O)Nc1ccc(C(=O)N(C)C)cc1)c1ccccc1. The molecule has 5 nitrogen and oxygen atoms in total. The lowest BCUT2D eigenvalue weighted by molar-refractivity contribution is -0.115. The van der Waals surface area contributed by atoms with Gasteiger partial charge in [0.2, 0.25) is 5.91 Å². The highest BCUT2D eigenvalue weighted by Crippen LogP contribution is 2.14. The average molecular weight is 325 g/mol. The zero-order valence-corrected chi connectivity index (χ0v) is 14.3. The summed E-state index contributed by atoms with van der Waals surface area (Å²) in [6.45, 7) is 3.04. The number of hydrogen-bond donors (Lipinski definition) is 1.